The lowest BCUT2D eigenvalue weighted by Gasteiger charge is -2.31. The average Bonchev–Trinajstić information content (AvgIpc) is 3.12. The second-order valence-corrected chi connectivity index (χ2v) is 8.17. The van der Waals surface area contributed by atoms with Crippen molar-refractivity contribution in [2.75, 3.05) is 31.6 Å². The van der Waals surface area contributed by atoms with E-state index in [0.717, 1.165) is 43.4 Å². The van der Waals surface area contributed by atoms with E-state index in [1.165, 1.54) is 16.9 Å². The number of hydrogen-bond acceptors (Lipinski definition) is 5. The molecule has 0 aliphatic carbocycles. The third-order valence-electron chi connectivity index (χ3n) is 5.28. The zero-order valence-electron chi connectivity index (χ0n) is 16.5. The number of thiazole rings is 1. The molecule has 5 heteroatoms. The molecule has 1 aliphatic rings. The molecule has 0 bridgehead atoms. The molecule has 4 nitrogen and oxygen atoms in total. The van der Waals surface area contributed by atoms with Gasteiger partial charge in [-0.3, -0.25) is 4.90 Å². The van der Waals surface area contributed by atoms with E-state index in [0.29, 0.717) is 6.04 Å². The molecule has 2 aromatic carbocycles. The Hall–Kier alpha value is -2.37. The minimum Gasteiger partial charge on any atom is -0.495 e. The topological polar surface area (TPSA) is 28.6 Å². The molecule has 0 saturated carbocycles. The molecule has 1 aliphatic heterocycles. The summed E-state index contributed by atoms with van der Waals surface area (Å²) >= 11 is 1.73. The van der Waals surface area contributed by atoms with Crippen LogP contribution < -0.4 is 9.64 Å². The van der Waals surface area contributed by atoms with Crippen LogP contribution in [0.1, 0.15) is 19.0 Å². The number of rotatable bonds is 5. The quantitative estimate of drug-likeness (QED) is 0.615. The largest absolute Gasteiger partial charge is 0.495 e. The first-order valence-electron chi connectivity index (χ1n) is 9.86. The van der Waals surface area contributed by atoms with Crippen LogP contribution in [0.3, 0.4) is 0 Å². The average molecular weight is 394 g/mol. The van der Waals surface area contributed by atoms with Crippen LogP contribution in [-0.2, 0) is 6.54 Å². The van der Waals surface area contributed by atoms with Gasteiger partial charge < -0.3 is 9.64 Å². The van der Waals surface area contributed by atoms with Gasteiger partial charge in [0.1, 0.15) is 10.8 Å². The van der Waals surface area contributed by atoms with Gasteiger partial charge in [-0.05, 0) is 25.5 Å². The number of para-hydroxylation sites is 2. The first kappa shape index (κ1) is 19.0. The highest BCUT2D eigenvalue weighted by Gasteiger charge is 2.24. The van der Waals surface area contributed by atoms with Crippen molar-refractivity contribution in [2.45, 2.75) is 25.9 Å². The normalized spacial score (nSPS) is 18.1. The van der Waals surface area contributed by atoms with Gasteiger partial charge in [0.05, 0.1) is 18.5 Å². The Labute approximate surface area is 171 Å². The lowest BCUT2D eigenvalue weighted by Crippen LogP contribution is -2.39. The maximum absolute atomic E-state index is 5.59. The SMILES string of the molecule is COc1ccccc1N1CCCN(Cc2csc(-c3ccccc3)n2)CC1C. The fourth-order valence-corrected chi connectivity index (χ4v) is 4.76. The summed E-state index contributed by atoms with van der Waals surface area (Å²) in [5.74, 6) is 0.954. The van der Waals surface area contributed by atoms with E-state index in [9.17, 15) is 0 Å². The summed E-state index contributed by atoms with van der Waals surface area (Å²) < 4.78 is 5.59. The molecule has 0 amide bonds. The lowest BCUT2D eigenvalue weighted by atomic mass is 10.2. The van der Waals surface area contributed by atoms with Crippen molar-refractivity contribution in [2.24, 2.45) is 0 Å². The van der Waals surface area contributed by atoms with Crippen molar-refractivity contribution < 1.29 is 4.74 Å². The third kappa shape index (κ3) is 4.21. The van der Waals surface area contributed by atoms with Crippen molar-refractivity contribution >= 4 is 17.0 Å². The molecule has 1 saturated heterocycles. The Morgan fingerprint density at radius 2 is 1.86 bits per heavy atom. The lowest BCUT2D eigenvalue weighted by molar-refractivity contribution is 0.265. The Balaban J connectivity index is 1.44. The molecule has 0 radical (unpaired) electrons. The van der Waals surface area contributed by atoms with Gasteiger partial charge in [0.25, 0.3) is 0 Å². The molecule has 2 heterocycles. The van der Waals surface area contributed by atoms with Crippen LogP contribution in [-0.4, -0.2) is 42.7 Å². The molecule has 4 rings (SSSR count). The molecular weight excluding hydrogens is 366 g/mol. The zero-order chi connectivity index (χ0) is 19.3. The van der Waals surface area contributed by atoms with Gasteiger partial charge in [0.2, 0.25) is 0 Å². The van der Waals surface area contributed by atoms with E-state index in [4.69, 9.17) is 9.72 Å². The van der Waals surface area contributed by atoms with Gasteiger partial charge in [0.15, 0.2) is 0 Å². The van der Waals surface area contributed by atoms with Crippen molar-refractivity contribution in [3.8, 4) is 16.3 Å². The number of benzene rings is 2. The predicted octanol–water partition coefficient (Wildman–Crippen LogP) is 4.92. The summed E-state index contributed by atoms with van der Waals surface area (Å²) in [6.07, 6.45) is 1.14. The maximum Gasteiger partial charge on any atom is 0.142 e. The number of nitrogens with zero attached hydrogens (tertiary/aromatic N) is 3. The highest BCUT2D eigenvalue weighted by Crippen LogP contribution is 2.31. The van der Waals surface area contributed by atoms with E-state index in [2.05, 4.69) is 58.5 Å². The molecule has 0 N–H and O–H groups in total. The first-order chi connectivity index (χ1) is 13.7. The van der Waals surface area contributed by atoms with Gasteiger partial charge in [0, 0.05) is 43.2 Å². The summed E-state index contributed by atoms with van der Waals surface area (Å²) in [6, 6.07) is 19.2. The molecule has 3 aromatic rings. The number of anilines is 1. The van der Waals surface area contributed by atoms with E-state index in [1.807, 2.05) is 18.2 Å². The van der Waals surface area contributed by atoms with Crippen LogP contribution >= 0.6 is 11.3 Å². The summed E-state index contributed by atoms with van der Waals surface area (Å²) in [5, 5.41) is 3.31. The predicted molar refractivity (Wildman–Crippen MR) is 117 cm³/mol. The number of ether oxygens (including phenoxy) is 1. The van der Waals surface area contributed by atoms with Gasteiger partial charge in [-0.25, -0.2) is 4.98 Å². The van der Waals surface area contributed by atoms with E-state index in [1.54, 1.807) is 18.4 Å². The second kappa shape index (κ2) is 8.76. The Kier molecular flexibility index (Phi) is 5.93. The Morgan fingerprint density at radius 1 is 1.07 bits per heavy atom. The van der Waals surface area contributed by atoms with Crippen LogP contribution in [0.5, 0.6) is 5.75 Å². The molecular formula is C23H27N3OS. The summed E-state index contributed by atoms with van der Waals surface area (Å²) in [5.41, 5.74) is 3.56. The highest BCUT2D eigenvalue weighted by molar-refractivity contribution is 7.13. The second-order valence-electron chi connectivity index (χ2n) is 7.31. The summed E-state index contributed by atoms with van der Waals surface area (Å²) in [4.78, 5) is 9.89. The highest BCUT2D eigenvalue weighted by atomic mass is 32.1. The maximum atomic E-state index is 5.59. The number of hydrogen-bond donors (Lipinski definition) is 0. The number of aromatic nitrogens is 1. The van der Waals surface area contributed by atoms with Gasteiger partial charge in [-0.15, -0.1) is 11.3 Å². The molecule has 1 aromatic heterocycles. The fourth-order valence-electron chi connectivity index (χ4n) is 3.94. The van der Waals surface area contributed by atoms with Crippen molar-refractivity contribution in [3.63, 3.8) is 0 Å². The molecule has 146 valence electrons. The smallest absolute Gasteiger partial charge is 0.142 e. The summed E-state index contributed by atoms with van der Waals surface area (Å²) in [6.45, 7) is 6.38. The number of methoxy groups -OCH3 is 1. The van der Waals surface area contributed by atoms with Crippen LogP contribution in [0.2, 0.25) is 0 Å². The zero-order valence-corrected chi connectivity index (χ0v) is 17.4. The monoisotopic (exact) mass is 393 g/mol. The van der Waals surface area contributed by atoms with Crippen LogP contribution in [0.25, 0.3) is 10.6 Å². The van der Waals surface area contributed by atoms with Gasteiger partial charge in [-0.1, -0.05) is 42.5 Å². The van der Waals surface area contributed by atoms with Crippen LogP contribution in [0.4, 0.5) is 5.69 Å². The van der Waals surface area contributed by atoms with E-state index < -0.39 is 0 Å². The molecule has 1 fully saturated rings. The van der Waals surface area contributed by atoms with Crippen LogP contribution in [0.15, 0.2) is 60.0 Å². The standard InChI is InChI=1S/C23H27N3OS/c1-18-15-25(13-8-14-26(18)21-11-6-7-12-22(21)27-2)16-20-17-28-23(24-20)19-9-4-3-5-10-19/h3-7,9-12,17-18H,8,13-16H2,1-2H3. The van der Waals surface area contributed by atoms with Crippen molar-refractivity contribution in [3.05, 3.63) is 65.7 Å². The molecule has 1 unspecified atom stereocenters. The molecule has 0 spiro atoms. The van der Waals surface area contributed by atoms with Crippen molar-refractivity contribution in [1.29, 1.82) is 0 Å². The third-order valence-corrected chi connectivity index (χ3v) is 6.22. The van der Waals surface area contributed by atoms with Gasteiger partial charge >= 0.3 is 0 Å². The van der Waals surface area contributed by atoms with Crippen LogP contribution in [0, 0.1) is 0 Å². The Morgan fingerprint density at radius 3 is 2.68 bits per heavy atom. The minimum absolute atomic E-state index is 0.422. The fraction of sp³-hybridized carbons (Fsp3) is 0.348. The van der Waals surface area contributed by atoms with E-state index >= 15 is 0 Å². The van der Waals surface area contributed by atoms with Crippen molar-refractivity contribution in [1.82, 2.24) is 9.88 Å². The molecule has 28 heavy (non-hydrogen) atoms. The van der Waals surface area contributed by atoms with Gasteiger partial charge in [-0.2, -0.15) is 0 Å². The summed E-state index contributed by atoms with van der Waals surface area (Å²) in [7, 11) is 1.75. The molecule has 1 atom stereocenters. The van der Waals surface area contributed by atoms with E-state index in [-0.39, 0.29) is 0 Å². The Bertz CT molecular complexity index is 896. The minimum atomic E-state index is 0.422. The first-order valence-corrected chi connectivity index (χ1v) is 10.7.